The number of benzene rings is 7. The first-order valence-corrected chi connectivity index (χ1v) is 16.1. The predicted octanol–water partition coefficient (Wildman–Crippen LogP) is 11.3. The van der Waals surface area contributed by atoms with Gasteiger partial charge in [0, 0.05) is 27.5 Å². The largest absolute Gasteiger partial charge is 0.456 e. The van der Waals surface area contributed by atoms with E-state index in [1.165, 1.54) is 16.7 Å². The molecule has 10 rings (SSSR count). The molecular weight excluding hydrogens is 590 g/mol. The average Bonchev–Trinajstić information content (AvgIpc) is 3.68. The van der Waals surface area contributed by atoms with Gasteiger partial charge in [-0.25, -0.2) is 0 Å². The van der Waals surface area contributed by atoms with Crippen molar-refractivity contribution in [1.82, 2.24) is 0 Å². The molecule has 1 aromatic heterocycles. The highest BCUT2D eigenvalue weighted by atomic mass is 16.6. The van der Waals surface area contributed by atoms with Crippen molar-refractivity contribution >= 4 is 27.7 Å². The minimum Gasteiger partial charge on any atom is -0.456 e. The maximum atomic E-state index is 9.17. The lowest BCUT2D eigenvalue weighted by atomic mass is 9.68. The molecule has 0 amide bonds. The summed E-state index contributed by atoms with van der Waals surface area (Å²) in [5.74, 6) is 2.56. The Labute approximate surface area is 277 Å². The highest BCUT2D eigenvalue weighted by molar-refractivity contribution is 6.14. The Morgan fingerprint density at radius 3 is 1.94 bits per heavy atom. The summed E-state index contributed by atoms with van der Waals surface area (Å²) < 4.78 is 19.5. The number of nitrogens with one attached hydrogen (secondary N) is 1. The number of ether oxygens (including phenoxy) is 2. The third-order valence-corrected chi connectivity index (χ3v) is 9.87. The van der Waals surface area contributed by atoms with Gasteiger partial charge < -0.3 is 13.9 Å². The van der Waals surface area contributed by atoms with Gasteiger partial charge >= 0.3 is 0 Å². The van der Waals surface area contributed by atoms with Crippen molar-refractivity contribution in [3.63, 3.8) is 0 Å². The Bertz CT molecular complexity index is 2540. The number of para-hydroxylation sites is 1. The van der Waals surface area contributed by atoms with Gasteiger partial charge in [-0.05, 0) is 70.3 Å². The van der Waals surface area contributed by atoms with Crippen LogP contribution in [0.3, 0.4) is 0 Å². The second-order valence-corrected chi connectivity index (χ2v) is 12.4. The van der Waals surface area contributed by atoms with Gasteiger partial charge in [-0.3, -0.25) is 5.41 Å². The van der Waals surface area contributed by atoms with Crippen LogP contribution in [0.1, 0.15) is 33.4 Å². The van der Waals surface area contributed by atoms with E-state index in [-0.39, 0.29) is 0 Å². The van der Waals surface area contributed by atoms with Crippen molar-refractivity contribution in [2.75, 3.05) is 0 Å². The third kappa shape index (κ3) is 3.68. The van der Waals surface area contributed by atoms with Crippen molar-refractivity contribution in [3.8, 4) is 34.1 Å². The van der Waals surface area contributed by atoms with Crippen LogP contribution in [-0.4, -0.2) is 5.71 Å². The Morgan fingerprint density at radius 2 is 1.12 bits per heavy atom. The summed E-state index contributed by atoms with van der Waals surface area (Å²) in [5.41, 5.74) is 9.82. The molecule has 0 saturated carbocycles. The quantitative estimate of drug-likeness (QED) is 0.200. The van der Waals surface area contributed by atoms with Gasteiger partial charge in [0.2, 0.25) is 0 Å². The molecule has 0 radical (unpaired) electrons. The molecule has 0 unspecified atom stereocenters. The smallest absolute Gasteiger partial charge is 0.178 e. The van der Waals surface area contributed by atoms with Gasteiger partial charge in [-0.15, -0.1) is 0 Å². The van der Waals surface area contributed by atoms with Gasteiger partial charge in [0.15, 0.2) is 23.0 Å². The lowest BCUT2D eigenvalue weighted by Gasteiger charge is -2.34. The summed E-state index contributed by atoms with van der Waals surface area (Å²) in [4.78, 5) is 0. The molecule has 4 nitrogen and oxygen atoms in total. The molecule has 8 aromatic rings. The fraction of sp³-hybridized carbons (Fsp3) is 0.0227. The van der Waals surface area contributed by atoms with Crippen LogP contribution in [0.5, 0.6) is 23.0 Å². The number of hydrogen-bond donors (Lipinski definition) is 1. The molecule has 2 aliphatic rings. The normalized spacial score (nSPS) is 13.6. The van der Waals surface area contributed by atoms with E-state index in [9.17, 15) is 0 Å². The van der Waals surface area contributed by atoms with E-state index >= 15 is 0 Å². The summed E-state index contributed by atoms with van der Waals surface area (Å²) in [6.45, 7) is 0. The molecule has 0 fully saturated rings. The van der Waals surface area contributed by atoms with Crippen LogP contribution >= 0.6 is 0 Å². The van der Waals surface area contributed by atoms with Gasteiger partial charge in [-0.1, -0.05) is 115 Å². The molecule has 48 heavy (non-hydrogen) atoms. The summed E-state index contributed by atoms with van der Waals surface area (Å²) >= 11 is 0. The Hall–Kier alpha value is -6.39. The molecule has 1 N–H and O–H groups in total. The van der Waals surface area contributed by atoms with Crippen LogP contribution in [0.2, 0.25) is 0 Å². The highest BCUT2D eigenvalue weighted by Crippen LogP contribution is 2.62. The highest BCUT2D eigenvalue weighted by Gasteiger charge is 2.48. The number of hydrogen-bond acceptors (Lipinski definition) is 4. The number of fused-ring (bicyclic) bond motifs is 9. The number of furan rings is 1. The van der Waals surface area contributed by atoms with E-state index in [1.807, 2.05) is 60.7 Å². The molecule has 0 bridgehead atoms. The molecule has 0 saturated heterocycles. The van der Waals surface area contributed by atoms with E-state index < -0.39 is 5.41 Å². The SMILES string of the molecule is N=C(c1ccc2c(c1)Oc1c(ccc3c1-c1ccccc1C3(c1ccccc1)c1ccccc1)O2)c1ccc2c(c1)oc1ccccc12. The third-order valence-electron chi connectivity index (χ3n) is 9.87. The van der Waals surface area contributed by atoms with Crippen LogP contribution in [0.25, 0.3) is 33.1 Å². The van der Waals surface area contributed by atoms with E-state index in [0.717, 1.165) is 49.8 Å². The summed E-state index contributed by atoms with van der Waals surface area (Å²) in [5, 5.41) is 11.3. The van der Waals surface area contributed by atoms with Crippen molar-refractivity contribution < 1.29 is 13.9 Å². The lowest BCUT2D eigenvalue weighted by Crippen LogP contribution is -2.28. The zero-order chi connectivity index (χ0) is 31.8. The fourth-order valence-corrected chi connectivity index (χ4v) is 7.77. The van der Waals surface area contributed by atoms with Crippen LogP contribution in [-0.2, 0) is 5.41 Å². The Balaban J connectivity index is 1.10. The van der Waals surface area contributed by atoms with Crippen molar-refractivity contribution in [2.45, 2.75) is 5.41 Å². The van der Waals surface area contributed by atoms with E-state index in [4.69, 9.17) is 19.3 Å². The van der Waals surface area contributed by atoms with E-state index in [2.05, 4.69) is 97.1 Å². The van der Waals surface area contributed by atoms with Crippen molar-refractivity contribution in [1.29, 1.82) is 5.41 Å². The van der Waals surface area contributed by atoms with Crippen LogP contribution < -0.4 is 9.47 Å². The molecule has 7 aromatic carbocycles. The van der Waals surface area contributed by atoms with Crippen LogP contribution in [0.4, 0.5) is 0 Å². The van der Waals surface area contributed by atoms with Gasteiger partial charge in [-0.2, -0.15) is 0 Å². The van der Waals surface area contributed by atoms with E-state index in [0.29, 0.717) is 28.7 Å². The summed E-state index contributed by atoms with van der Waals surface area (Å²) in [6.07, 6.45) is 0. The topological polar surface area (TPSA) is 55.5 Å². The molecule has 0 spiro atoms. The maximum Gasteiger partial charge on any atom is 0.178 e. The molecule has 0 atom stereocenters. The zero-order valence-corrected chi connectivity index (χ0v) is 25.7. The fourth-order valence-electron chi connectivity index (χ4n) is 7.77. The monoisotopic (exact) mass is 617 g/mol. The second kappa shape index (κ2) is 10.1. The standard InChI is InChI=1S/C44H27NO3/c45-42(27-19-21-32-31-15-8-10-18-36(31)46-39(32)25-27)28-20-23-37-40(26-28)48-43-38(47-37)24-22-35-41(43)33-16-7-9-17-34(33)44(35,29-11-3-1-4-12-29)30-13-5-2-6-14-30/h1-26,45H. The first-order chi connectivity index (χ1) is 23.7. The van der Waals surface area contributed by atoms with Crippen LogP contribution in [0.15, 0.2) is 162 Å². The van der Waals surface area contributed by atoms with Gasteiger partial charge in [0.05, 0.1) is 11.1 Å². The summed E-state index contributed by atoms with van der Waals surface area (Å²) in [6, 6.07) is 53.9. The van der Waals surface area contributed by atoms with E-state index in [1.54, 1.807) is 0 Å². The molecule has 2 heterocycles. The predicted molar refractivity (Wildman–Crippen MR) is 190 cm³/mol. The van der Waals surface area contributed by atoms with Crippen molar-refractivity contribution in [3.05, 3.63) is 191 Å². The maximum absolute atomic E-state index is 9.17. The molecular formula is C44H27NO3. The second-order valence-electron chi connectivity index (χ2n) is 12.4. The Kier molecular flexibility index (Phi) is 5.61. The van der Waals surface area contributed by atoms with Crippen molar-refractivity contribution in [2.24, 2.45) is 0 Å². The minimum atomic E-state index is -0.535. The molecule has 226 valence electrons. The van der Waals surface area contributed by atoms with Gasteiger partial charge in [0.1, 0.15) is 11.2 Å². The van der Waals surface area contributed by atoms with Crippen LogP contribution in [0, 0.1) is 5.41 Å². The summed E-state index contributed by atoms with van der Waals surface area (Å²) in [7, 11) is 0. The zero-order valence-electron chi connectivity index (χ0n) is 25.7. The first kappa shape index (κ1) is 26.8. The minimum absolute atomic E-state index is 0.380. The Morgan fingerprint density at radius 1 is 0.479 bits per heavy atom. The van der Waals surface area contributed by atoms with Gasteiger partial charge in [0.25, 0.3) is 0 Å². The molecule has 1 aliphatic carbocycles. The first-order valence-electron chi connectivity index (χ1n) is 16.1. The molecule has 1 aliphatic heterocycles. The molecule has 4 heteroatoms. The number of rotatable bonds is 4. The lowest BCUT2D eigenvalue weighted by molar-refractivity contribution is 0.360. The average molecular weight is 618 g/mol.